The van der Waals surface area contributed by atoms with Gasteiger partial charge in [-0.25, -0.2) is 0 Å². The maximum atomic E-state index is 13.7. The van der Waals surface area contributed by atoms with E-state index >= 15 is 0 Å². The Kier molecular flexibility index (Phi) is 6.05. The number of carbonyl (C=O) groups is 1. The molecule has 0 unspecified atom stereocenters. The van der Waals surface area contributed by atoms with Crippen LogP contribution in [0.2, 0.25) is 0 Å². The third-order valence-corrected chi connectivity index (χ3v) is 7.16. The van der Waals surface area contributed by atoms with Crippen LogP contribution in [0.5, 0.6) is 0 Å². The van der Waals surface area contributed by atoms with Gasteiger partial charge < -0.3 is 5.32 Å². The minimum atomic E-state index is -0.211. The molecule has 1 aromatic heterocycles. The van der Waals surface area contributed by atoms with Crippen molar-refractivity contribution in [3.63, 3.8) is 0 Å². The lowest BCUT2D eigenvalue weighted by atomic mass is 9.97. The van der Waals surface area contributed by atoms with E-state index in [0.29, 0.717) is 0 Å². The molecule has 162 valence electrons. The summed E-state index contributed by atoms with van der Waals surface area (Å²) in [6, 6.07) is 37.0. The highest BCUT2D eigenvalue weighted by Gasteiger charge is 2.23. The van der Waals surface area contributed by atoms with Crippen LogP contribution in [0.3, 0.4) is 0 Å². The number of carbonyl (C=O) groups excluding carboxylic acids is 1. The van der Waals surface area contributed by atoms with E-state index in [1.54, 1.807) is 11.3 Å². The summed E-state index contributed by atoms with van der Waals surface area (Å²) in [6.07, 6.45) is 0.731. The molecule has 0 saturated heterocycles. The monoisotopic (exact) mass is 447 g/mol. The third kappa shape index (κ3) is 4.59. The lowest BCUT2D eigenvalue weighted by molar-refractivity contribution is 0.0946. The number of hydrogen-bond acceptors (Lipinski definition) is 2. The average Bonchev–Trinajstić information content (AvgIpc) is 3.23. The second-order valence-electron chi connectivity index (χ2n) is 8.30. The van der Waals surface area contributed by atoms with Crippen LogP contribution in [-0.2, 0) is 6.42 Å². The molecule has 0 bridgehead atoms. The first-order valence-corrected chi connectivity index (χ1v) is 12.0. The van der Waals surface area contributed by atoms with Gasteiger partial charge in [-0.3, -0.25) is 4.79 Å². The van der Waals surface area contributed by atoms with Gasteiger partial charge in [0.2, 0.25) is 0 Å². The molecule has 1 amide bonds. The molecule has 5 rings (SSSR count). The molecule has 33 heavy (non-hydrogen) atoms. The number of nitrogens with one attached hydrogen (secondary N) is 1. The second kappa shape index (κ2) is 9.43. The molecule has 0 aliphatic carbocycles. The molecule has 0 fully saturated rings. The Morgan fingerprint density at radius 1 is 0.758 bits per heavy atom. The maximum absolute atomic E-state index is 13.7. The first-order valence-electron chi connectivity index (χ1n) is 11.2. The molecule has 1 N–H and O–H groups in total. The van der Waals surface area contributed by atoms with Crippen molar-refractivity contribution in [3.05, 3.63) is 142 Å². The minimum Gasteiger partial charge on any atom is -0.340 e. The third-order valence-electron chi connectivity index (χ3n) is 5.95. The van der Waals surface area contributed by atoms with Crippen LogP contribution in [0.4, 0.5) is 0 Å². The fourth-order valence-electron chi connectivity index (χ4n) is 4.21. The van der Waals surface area contributed by atoms with E-state index in [0.717, 1.165) is 38.1 Å². The van der Waals surface area contributed by atoms with E-state index in [2.05, 4.69) is 72.9 Å². The molecule has 0 spiro atoms. The zero-order valence-corrected chi connectivity index (χ0v) is 19.3. The zero-order valence-electron chi connectivity index (χ0n) is 18.5. The zero-order chi connectivity index (χ0) is 22.6. The van der Waals surface area contributed by atoms with Crippen molar-refractivity contribution >= 4 is 27.3 Å². The summed E-state index contributed by atoms with van der Waals surface area (Å²) in [7, 11) is 0. The van der Waals surface area contributed by atoms with Crippen molar-refractivity contribution in [2.45, 2.75) is 19.4 Å². The topological polar surface area (TPSA) is 29.1 Å². The summed E-state index contributed by atoms with van der Waals surface area (Å²) < 4.78 is 1.14. The van der Waals surface area contributed by atoms with Crippen LogP contribution in [0.25, 0.3) is 10.1 Å². The fourth-order valence-corrected chi connectivity index (χ4v) is 5.34. The van der Waals surface area contributed by atoms with E-state index in [4.69, 9.17) is 0 Å². The van der Waals surface area contributed by atoms with Gasteiger partial charge in [-0.15, -0.1) is 11.3 Å². The lowest BCUT2D eigenvalue weighted by Gasteiger charge is -2.20. The summed E-state index contributed by atoms with van der Waals surface area (Å²) in [6.45, 7) is 2.09. The molecule has 1 heterocycles. The van der Waals surface area contributed by atoms with Gasteiger partial charge in [-0.2, -0.15) is 0 Å². The standard InChI is InChI=1S/C30H25NOS/c1-21-16-18-22(19-17-21)20-26-25-14-8-9-15-27(25)33-29(26)30(32)31-28(23-10-4-2-5-11-23)24-12-6-3-7-13-24/h2-19,28H,20H2,1H3,(H,31,32). The van der Waals surface area contributed by atoms with Gasteiger partial charge in [0, 0.05) is 4.70 Å². The van der Waals surface area contributed by atoms with Gasteiger partial charge in [0.25, 0.3) is 5.91 Å². The molecular weight excluding hydrogens is 422 g/mol. The van der Waals surface area contributed by atoms with Crippen molar-refractivity contribution in [3.8, 4) is 0 Å². The summed E-state index contributed by atoms with van der Waals surface area (Å²) in [5.41, 5.74) is 5.68. The highest BCUT2D eigenvalue weighted by molar-refractivity contribution is 7.21. The van der Waals surface area contributed by atoms with E-state index < -0.39 is 0 Å². The number of amides is 1. The Bertz CT molecular complexity index is 1330. The van der Waals surface area contributed by atoms with Crippen molar-refractivity contribution in [2.75, 3.05) is 0 Å². The lowest BCUT2D eigenvalue weighted by Crippen LogP contribution is -2.29. The van der Waals surface area contributed by atoms with Crippen molar-refractivity contribution < 1.29 is 4.79 Å². The van der Waals surface area contributed by atoms with E-state index in [1.807, 2.05) is 48.5 Å². The largest absolute Gasteiger partial charge is 0.340 e. The van der Waals surface area contributed by atoms with Crippen LogP contribution >= 0.6 is 11.3 Å². The molecule has 2 nitrogen and oxygen atoms in total. The quantitative estimate of drug-likeness (QED) is 0.290. The van der Waals surface area contributed by atoms with Gasteiger partial charge in [-0.05, 0) is 47.1 Å². The summed E-state index contributed by atoms with van der Waals surface area (Å²) in [5.74, 6) is -0.0315. The van der Waals surface area contributed by atoms with Crippen molar-refractivity contribution in [1.82, 2.24) is 5.32 Å². The summed E-state index contributed by atoms with van der Waals surface area (Å²) in [5, 5.41) is 4.49. The molecular formula is C30H25NOS. The molecule has 5 aromatic rings. The highest BCUT2D eigenvalue weighted by atomic mass is 32.1. The van der Waals surface area contributed by atoms with Crippen molar-refractivity contribution in [2.24, 2.45) is 0 Å². The van der Waals surface area contributed by atoms with E-state index in [-0.39, 0.29) is 11.9 Å². The predicted octanol–water partition coefficient (Wildman–Crippen LogP) is 7.32. The fraction of sp³-hybridized carbons (Fsp3) is 0.100. The van der Waals surface area contributed by atoms with Crippen LogP contribution in [0.15, 0.2) is 109 Å². The second-order valence-corrected chi connectivity index (χ2v) is 9.35. The Morgan fingerprint density at radius 3 is 1.97 bits per heavy atom. The molecule has 0 aliphatic heterocycles. The van der Waals surface area contributed by atoms with Crippen LogP contribution in [0, 0.1) is 6.92 Å². The maximum Gasteiger partial charge on any atom is 0.262 e. The number of benzene rings is 4. The minimum absolute atomic E-state index is 0.0315. The summed E-state index contributed by atoms with van der Waals surface area (Å²) >= 11 is 1.57. The van der Waals surface area contributed by atoms with Gasteiger partial charge in [0.05, 0.1) is 10.9 Å². The molecule has 0 saturated carbocycles. The Hall–Kier alpha value is -3.69. The Balaban J connectivity index is 1.54. The van der Waals surface area contributed by atoms with Gasteiger partial charge in [0.15, 0.2) is 0 Å². The normalized spacial score (nSPS) is 11.1. The Labute approximate surface area is 198 Å². The first kappa shape index (κ1) is 21.2. The first-order chi connectivity index (χ1) is 16.2. The predicted molar refractivity (Wildman–Crippen MR) is 138 cm³/mol. The van der Waals surface area contributed by atoms with Crippen LogP contribution in [0.1, 0.15) is 43.5 Å². The van der Waals surface area contributed by atoms with Gasteiger partial charge >= 0.3 is 0 Å². The molecule has 0 radical (unpaired) electrons. The smallest absolute Gasteiger partial charge is 0.262 e. The Morgan fingerprint density at radius 2 is 1.33 bits per heavy atom. The highest BCUT2D eigenvalue weighted by Crippen LogP contribution is 2.34. The SMILES string of the molecule is Cc1ccc(Cc2c(C(=O)NC(c3ccccc3)c3ccccc3)sc3ccccc23)cc1. The van der Waals surface area contributed by atoms with E-state index in [9.17, 15) is 4.79 Å². The number of hydrogen-bond donors (Lipinski definition) is 1. The molecule has 3 heteroatoms. The van der Waals surface area contributed by atoms with Crippen LogP contribution < -0.4 is 5.32 Å². The average molecular weight is 448 g/mol. The van der Waals surface area contributed by atoms with Crippen LogP contribution in [-0.4, -0.2) is 5.91 Å². The number of fused-ring (bicyclic) bond motifs is 1. The van der Waals surface area contributed by atoms with E-state index in [1.165, 1.54) is 11.1 Å². The number of thiophene rings is 1. The molecule has 0 atom stereocenters. The summed E-state index contributed by atoms with van der Waals surface area (Å²) in [4.78, 5) is 14.5. The molecule has 4 aromatic carbocycles. The van der Waals surface area contributed by atoms with Gasteiger partial charge in [0.1, 0.15) is 0 Å². The van der Waals surface area contributed by atoms with Crippen molar-refractivity contribution in [1.29, 1.82) is 0 Å². The number of rotatable bonds is 6. The molecule has 0 aliphatic rings. The number of aryl methyl sites for hydroxylation is 1. The van der Waals surface area contributed by atoms with Gasteiger partial charge in [-0.1, -0.05) is 109 Å².